The highest BCUT2D eigenvalue weighted by molar-refractivity contribution is 7.92. The number of para-hydroxylation sites is 2. The Hall–Kier alpha value is -3.14. The molecule has 0 aliphatic carbocycles. The topological polar surface area (TPSA) is 116 Å². The number of esters is 1. The van der Waals surface area contributed by atoms with Gasteiger partial charge in [0.05, 0.1) is 30.9 Å². The summed E-state index contributed by atoms with van der Waals surface area (Å²) in [6, 6.07) is 9.04. The third kappa shape index (κ3) is 2.99. The number of aromatic nitrogens is 3. The molecule has 2 aromatic heterocycles. The molecule has 0 spiro atoms. The van der Waals surface area contributed by atoms with Crippen LogP contribution in [0.4, 0.5) is 5.69 Å². The van der Waals surface area contributed by atoms with Crippen LogP contribution in [0, 0.1) is 0 Å². The van der Waals surface area contributed by atoms with Crippen molar-refractivity contribution < 1.29 is 22.4 Å². The van der Waals surface area contributed by atoms with Gasteiger partial charge in [0.15, 0.2) is 0 Å². The van der Waals surface area contributed by atoms with Crippen LogP contribution in [-0.4, -0.2) is 36.5 Å². The summed E-state index contributed by atoms with van der Waals surface area (Å²) < 4.78 is 38.2. The molecule has 0 radical (unpaired) electrons. The standard InChI is InChI=1S/C14H12N4O5S/c1-22-14(19)12-6-7-13(23-12)24(20,21)16-10-4-2-3-5-11(10)18-9-8-15-17-18/h2-9,16H,1H3. The van der Waals surface area contributed by atoms with Crippen molar-refractivity contribution in [2.45, 2.75) is 5.09 Å². The fraction of sp³-hybridized carbons (Fsp3) is 0.0714. The molecule has 1 aromatic carbocycles. The third-order valence-electron chi connectivity index (χ3n) is 3.05. The Balaban J connectivity index is 1.93. The second-order valence-electron chi connectivity index (χ2n) is 4.58. The third-order valence-corrected chi connectivity index (χ3v) is 4.29. The maximum Gasteiger partial charge on any atom is 0.374 e. The van der Waals surface area contributed by atoms with Gasteiger partial charge in [-0.25, -0.2) is 9.48 Å². The molecule has 24 heavy (non-hydrogen) atoms. The number of furan rings is 1. The van der Waals surface area contributed by atoms with Crippen LogP contribution < -0.4 is 4.72 Å². The number of anilines is 1. The summed E-state index contributed by atoms with van der Waals surface area (Å²) >= 11 is 0. The monoisotopic (exact) mass is 348 g/mol. The number of methoxy groups -OCH3 is 1. The molecule has 0 fully saturated rings. The number of carbonyl (C=O) groups excluding carboxylic acids is 1. The van der Waals surface area contributed by atoms with E-state index in [0.717, 1.165) is 0 Å². The van der Waals surface area contributed by atoms with Gasteiger partial charge in [-0.05, 0) is 24.3 Å². The van der Waals surface area contributed by atoms with Gasteiger partial charge in [-0.1, -0.05) is 17.3 Å². The molecule has 124 valence electrons. The maximum atomic E-state index is 12.4. The Bertz CT molecular complexity index is 963. The predicted octanol–water partition coefficient (Wildman–Crippen LogP) is 1.45. The fourth-order valence-electron chi connectivity index (χ4n) is 1.97. The highest BCUT2D eigenvalue weighted by atomic mass is 32.2. The molecule has 0 saturated heterocycles. The van der Waals surface area contributed by atoms with Crippen molar-refractivity contribution in [3.8, 4) is 5.69 Å². The molecule has 10 heteroatoms. The highest BCUT2D eigenvalue weighted by Crippen LogP contribution is 2.23. The van der Waals surface area contributed by atoms with Crippen LogP contribution in [0.2, 0.25) is 0 Å². The van der Waals surface area contributed by atoms with Gasteiger partial charge in [-0.15, -0.1) is 5.10 Å². The number of rotatable bonds is 5. The molecule has 1 N–H and O–H groups in total. The van der Waals surface area contributed by atoms with E-state index >= 15 is 0 Å². The van der Waals surface area contributed by atoms with E-state index in [1.54, 1.807) is 30.5 Å². The lowest BCUT2D eigenvalue weighted by Crippen LogP contribution is -2.14. The second kappa shape index (κ2) is 6.16. The summed E-state index contributed by atoms with van der Waals surface area (Å²) in [5.41, 5.74) is 0.761. The molecule has 9 nitrogen and oxygen atoms in total. The highest BCUT2D eigenvalue weighted by Gasteiger charge is 2.23. The van der Waals surface area contributed by atoms with Crippen molar-refractivity contribution in [2.24, 2.45) is 0 Å². The Morgan fingerprint density at radius 2 is 2.04 bits per heavy atom. The van der Waals surface area contributed by atoms with E-state index in [2.05, 4.69) is 19.8 Å². The normalized spacial score (nSPS) is 11.2. The minimum Gasteiger partial charge on any atom is -0.463 e. The number of nitrogens with zero attached hydrogens (tertiary/aromatic N) is 3. The number of sulfonamides is 1. The van der Waals surface area contributed by atoms with Gasteiger partial charge in [-0.2, -0.15) is 8.42 Å². The summed E-state index contributed by atoms with van der Waals surface area (Å²) in [6.07, 6.45) is 3.05. The summed E-state index contributed by atoms with van der Waals surface area (Å²) in [5.74, 6) is -0.970. The van der Waals surface area contributed by atoms with E-state index in [1.807, 2.05) is 0 Å². The SMILES string of the molecule is COC(=O)c1ccc(S(=O)(=O)Nc2ccccc2-n2ccnn2)o1. The van der Waals surface area contributed by atoms with E-state index in [1.165, 1.54) is 30.1 Å². The molecule has 0 bridgehead atoms. The second-order valence-corrected chi connectivity index (χ2v) is 6.19. The lowest BCUT2D eigenvalue weighted by Gasteiger charge is -2.10. The van der Waals surface area contributed by atoms with Gasteiger partial charge in [0.1, 0.15) is 0 Å². The van der Waals surface area contributed by atoms with Gasteiger partial charge in [0.25, 0.3) is 10.0 Å². The first-order chi connectivity index (χ1) is 11.5. The van der Waals surface area contributed by atoms with E-state index in [9.17, 15) is 13.2 Å². The zero-order valence-corrected chi connectivity index (χ0v) is 13.2. The van der Waals surface area contributed by atoms with Gasteiger partial charge < -0.3 is 9.15 Å². The van der Waals surface area contributed by atoms with Crippen molar-refractivity contribution in [1.82, 2.24) is 15.0 Å². The number of benzene rings is 1. The van der Waals surface area contributed by atoms with E-state index in [0.29, 0.717) is 5.69 Å². The van der Waals surface area contributed by atoms with Gasteiger partial charge >= 0.3 is 5.97 Å². The average molecular weight is 348 g/mol. The molecule has 3 rings (SSSR count). The van der Waals surface area contributed by atoms with E-state index < -0.39 is 21.1 Å². The number of hydrogen-bond acceptors (Lipinski definition) is 7. The summed E-state index contributed by atoms with van der Waals surface area (Å²) in [6.45, 7) is 0. The Labute approximate surface area is 136 Å². The van der Waals surface area contributed by atoms with Crippen LogP contribution >= 0.6 is 0 Å². The summed E-state index contributed by atoms with van der Waals surface area (Å²) in [5, 5.41) is 7.12. The molecule has 0 saturated carbocycles. The molecule has 0 unspecified atom stereocenters. The van der Waals surface area contributed by atoms with E-state index in [4.69, 9.17) is 4.42 Å². The van der Waals surface area contributed by atoms with Crippen LogP contribution in [0.25, 0.3) is 5.69 Å². The minimum atomic E-state index is -4.03. The van der Waals surface area contributed by atoms with Gasteiger partial charge in [0, 0.05) is 0 Å². The first-order valence-electron chi connectivity index (χ1n) is 6.68. The smallest absolute Gasteiger partial charge is 0.374 e. The largest absolute Gasteiger partial charge is 0.463 e. The lowest BCUT2D eigenvalue weighted by molar-refractivity contribution is 0.0559. The fourth-order valence-corrected chi connectivity index (χ4v) is 2.98. The van der Waals surface area contributed by atoms with Crippen LogP contribution in [0.15, 0.2) is 58.3 Å². The molecule has 0 amide bonds. The Morgan fingerprint density at radius 3 is 2.75 bits per heavy atom. The molecule has 2 heterocycles. The van der Waals surface area contributed by atoms with Crippen molar-refractivity contribution in [3.05, 3.63) is 54.6 Å². The van der Waals surface area contributed by atoms with Crippen LogP contribution in [0.1, 0.15) is 10.6 Å². The number of ether oxygens (including phenoxy) is 1. The number of carbonyl (C=O) groups is 1. The van der Waals surface area contributed by atoms with E-state index in [-0.39, 0.29) is 11.4 Å². The maximum absolute atomic E-state index is 12.4. The molecular weight excluding hydrogens is 336 g/mol. The summed E-state index contributed by atoms with van der Waals surface area (Å²) in [4.78, 5) is 11.4. The average Bonchev–Trinajstić information content (AvgIpc) is 3.26. The lowest BCUT2D eigenvalue weighted by atomic mass is 10.3. The van der Waals surface area contributed by atoms with Crippen molar-refractivity contribution in [3.63, 3.8) is 0 Å². The number of hydrogen-bond donors (Lipinski definition) is 1. The Morgan fingerprint density at radius 1 is 1.25 bits per heavy atom. The molecule has 3 aromatic rings. The minimum absolute atomic E-state index is 0.206. The van der Waals surface area contributed by atoms with Crippen molar-refractivity contribution in [1.29, 1.82) is 0 Å². The molecule has 0 atom stereocenters. The molecule has 0 aliphatic heterocycles. The van der Waals surface area contributed by atoms with Gasteiger partial charge in [0.2, 0.25) is 10.9 Å². The van der Waals surface area contributed by atoms with Gasteiger partial charge in [-0.3, -0.25) is 4.72 Å². The predicted molar refractivity (Wildman–Crippen MR) is 82.2 cm³/mol. The van der Waals surface area contributed by atoms with Crippen LogP contribution in [0.5, 0.6) is 0 Å². The van der Waals surface area contributed by atoms with Crippen molar-refractivity contribution >= 4 is 21.7 Å². The quantitative estimate of drug-likeness (QED) is 0.694. The number of nitrogens with one attached hydrogen (secondary N) is 1. The molecular formula is C14H12N4O5S. The van der Waals surface area contributed by atoms with Crippen LogP contribution in [0.3, 0.4) is 0 Å². The molecule has 0 aliphatic rings. The first-order valence-corrected chi connectivity index (χ1v) is 8.16. The summed E-state index contributed by atoms with van der Waals surface area (Å²) in [7, 11) is -2.86. The zero-order chi connectivity index (χ0) is 17.2. The van der Waals surface area contributed by atoms with Crippen LogP contribution in [-0.2, 0) is 14.8 Å². The zero-order valence-electron chi connectivity index (χ0n) is 12.4. The first kappa shape index (κ1) is 15.7. The Kier molecular flexibility index (Phi) is 4.04. The van der Waals surface area contributed by atoms with Crippen molar-refractivity contribution in [2.75, 3.05) is 11.8 Å².